The Morgan fingerprint density at radius 3 is 2.09 bits per heavy atom. The Kier molecular flexibility index (Phi) is 10.7. The Morgan fingerprint density at radius 1 is 0.981 bits per heavy atom. The lowest BCUT2D eigenvalue weighted by Crippen LogP contribution is -2.36. The molecule has 0 saturated carbocycles. The highest BCUT2D eigenvalue weighted by atomic mass is 35.5. The molecule has 0 unspecified atom stereocenters. The average molecular weight is 840 g/mol. The van der Waals surface area contributed by atoms with Crippen LogP contribution in [0, 0.1) is 23.5 Å². The van der Waals surface area contributed by atoms with Crippen molar-refractivity contribution in [3.63, 3.8) is 0 Å². The number of fused-ring (bicyclic) bond motifs is 2. The first kappa shape index (κ1) is 41.3. The topological polar surface area (TPSA) is 162 Å². The summed E-state index contributed by atoms with van der Waals surface area (Å²) in [6.45, 7) is 0.772. The van der Waals surface area contributed by atoms with Gasteiger partial charge in [0.2, 0.25) is 20.0 Å². The minimum absolute atomic E-state index is 0.0325. The third-order valence-electron chi connectivity index (χ3n) is 8.63. The van der Waals surface area contributed by atoms with Gasteiger partial charge in [-0.3, -0.25) is 4.68 Å². The summed E-state index contributed by atoms with van der Waals surface area (Å²) in [7, 11) is -13.3. The van der Waals surface area contributed by atoms with Crippen molar-refractivity contribution in [1.82, 2.24) is 14.8 Å². The Labute approximate surface area is 312 Å². The molecule has 0 amide bonds. The van der Waals surface area contributed by atoms with E-state index in [-0.39, 0.29) is 62.2 Å². The van der Waals surface area contributed by atoms with Crippen molar-refractivity contribution in [2.45, 2.75) is 62.8 Å². The van der Waals surface area contributed by atoms with Crippen molar-refractivity contribution < 1.29 is 51.6 Å². The zero-order chi connectivity index (χ0) is 40.5. The SMILES string of the molecule is CC(C)(C#Cc1nc([C@@H](N)Cc2cc(F)cc(F)c2)c(-c2ccc(Cl)c3c(N(S(C)(=O)=O)S(C)(=O)=O)nn(CC(F)(F)F)c23)c2c1C[C@@H](F)C2)S(C)(=O)=O. The van der Waals surface area contributed by atoms with Crippen LogP contribution in [0.25, 0.3) is 22.0 Å². The minimum Gasteiger partial charge on any atom is -0.322 e. The first-order valence-corrected chi connectivity index (χ1v) is 21.7. The summed E-state index contributed by atoms with van der Waals surface area (Å²) >= 11 is 6.49. The fourth-order valence-electron chi connectivity index (χ4n) is 6.14. The van der Waals surface area contributed by atoms with Gasteiger partial charge >= 0.3 is 6.18 Å². The van der Waals surface area contributed by atoms with Gasteiger partial charge in [0.05, 0.1) is 40.2 Å². The average Bonchev–Trinajstić information content (AvgIpc) is 3.53. The molecule has 292 valence electrons. The lowest BCUT2D eigenvalue weighted by atomic mass is 9.89. The number of benzene rings is 2. The van der Waals surface area contributed by atoms with Crippen LogP contribution >= 0.6 is 11.6 Å². The van der Waals surface area contributed by atoms with E-state index < -0.39 is 92.9 Å². The van der Waals surface area contributed by atoms with Gasteiger partial charge in [-0.25, -0.2) is 43.4 Å². The van der Waals surface area contributed by atoms with Crippen molar-refractivity contribution in [3.05, 3.63) is 75.1 Å². The van der Waals surface area contributed by atoms with Crippen LogP contribution in [0.2, 0.25) is 5.02 Å². The summed E-state index contributed by atoms with van der Waals surface area (Å²) in [5.41, 5.74) is 5.86. The number of rotatable bonds is 9. The molecule has 0 fully saturated rings. The first-order valence-electron chi connectivity index (χ1n) is 15.7. The number of sulfonamides is 2. The molecule has 5 rings (SSSR count). The Hall–Kier alpha value is -3.90. The van der Waals surface area contributed by atoms with E-state index in [0.29, 0.717) is 23.3 Å². The Balaban J connectivity index is 1.95. The number of anilines is 1. The molecule has 2 N–H and O–H groups in total. The number of hydrogen-bond donors (Lipinski definition) is 1. The van der Waals surface area contributed by atoms with Crippen LogP contribution in [0.1, 0.15) is 48.0 Å². The molecule has 4 aromatic rings. The van der Waals surface area contributed by atoms with E-state index >= 15 is 4.39 Å². The van der Waals surface area contributed by atoms with Crippen LogP contribution in [-0.4, -0.2) is 75.9 Å². The van der Waals surface area contributed by atoms with E-state index in [1.54, 1.807) is 0 Å². The number of aromatic nitrogens is 3. The molecule has 2 atom stereocenters. The molecule has 1 aliphatic rings. The highest BCUT2D eigenvalue weighted by Gasteiger charge is 2.39. The molecule has 0 aliphatic heterocycles. The smallest absolute Gasteiger partial charge is 0.322 e. The Morgan fingerprint density at radius 2 is 1.56 bits per heavy atom. The standard InChI is InChI=1S/C33H32ClF6N5O6S3/c1-32(2,52(3,46)47)9-8-26-22-14-20(37)15-23(22)27(29(42-26)25(41)12-17-10-18(35)13-19(36)11-17)21-6-7-24(34)28-30(21)44(16-33(38,39)40)43-31(28)45(53(4,48)49)54(5,50)51/h6-7,10-11,13,20,25H,12,14-16,41H2,1-5H3/t20-,25+/m1/s1. The molecule has 11 nitrogen and oxygen atoms in total. The molecule has 0 spiro atoms. The second-order valence-corrected chi connectivity index (χ2v) is 20.3. The van der Waals surface area contributed by atoms with Gasteiger partial charge in [-0.1, -0.05) is 23.6 Å². The second-order valence-electron chi connectivity index (χ2n) is 13.4. The maximum Gasteiger partial charge on any atom is 0.408 e. The zero-order valence-electron chi connectivity index (χ0n) is 29.1. The number of pyridine rings is 1. The fraction of sp³-hybridized carbons (Fsp3) is 0.394. The van der Waals surface area contributed by atoms with E-state index in [2.05, 4.69) is 21.9 Å². The third kappa shape index (κ3) is 8.34. The van der Waals surface area contributed by atoms with Crippen LogP contribution < -0.4 is 9.44 Å². The number of nitrogens with zero attached hydrogens (tertiary/aromatic N) is 4. The quantitative estimate of drug-likeness (QED) is 0.177. The Bertz CT molecular complexity index is 2550. The van der Waals surface area contributed by atoms with Gasteiger partial charge < -0.3 is 5.73 Å². The summed E-state index contributed by atoms with van der Waals surface area (Å²) in [5, 5.41) is 2.87. The summed E-state index contributed by atoms with van der Waals surface area (Å²) in [4.78, 5) is 4.60. The van der Waals surface area contributed by atoms with Crippen LogP contribution in [0.5, 0.6) is 0 Å². The highest BCUT2D eigenvalue weighted by molar-refractivity contribution is 8.09. The number of hydrogen-bond acceptors (Lipinski definition) is 9. The van der Waals surface area contributed by atoms with E-state index in [4.69, 9.17) is 17.3 Å². The predicted molar refractivity (Wildman–Crippen MR) is 191 cm³/mol. The monoisotopic (exact) mass is 839 g/mol. The van der Waals surface area contributed by atoms with Crippen molar-refractivity contribution in [1.29, 1.82) is 0 Å². The van der Waals surface area contributed by atoms with E-state index in [9.17, 15) is 47.2 Å². The lowest BCUT2D eigenvalue weighted by molar-refractivity contribution is -0.141. The summed E-state index contributed by atoms with van der Waals surface area (Å²) in [5.74, 6) is 2.45. The normalized spacial score (nSPS) is 15.9. The van der Waals surface area contributed by atoms with Gasteiger partial charge in [0, 0.05) is 36.3 Å². The van der Waals surface area contributed by atoms with Gasteiger partial charge in [-0.15, -0.1) is 3.71 Å². The molecule has 21 heteroatoms. The molecule has 0 bridgehead atoms. The molecule has 2 aromatic heterocycles. The molecule has 1 aliphatic carbocycles. The number of nitrogens with two attached hydrogens (primary N) is 1. The number of alkyl halides is 4. The van der Waals surface area contributed by atoms with Crippen LogP contribution in [0.4, 0.5) is 32.2 Å². The van der Waals surface area contributed by atoms with Crippen LogP contribution in [-0.2, 0) is 55.7 Å². The van der Waals surface area contributed by atoms with Crippen LogP contribution in [0.15, 0.2) is 30.3 Å². The maximum absolute atomic E-state index is 15.5. The van der Waals surface area contributed by atoms with E-state index in [0.717, 1.165) is 24.5 Å². The van der Waals surface area contributed by atoms with E-state index in [1.165, 1.54) is 19.9 Å². The van der Waals surface area contributed by atoms with Crippen LogP contribution in [0.3, 0.4) is 0 Å². The van der Waals surface area contributed by atoms with Gasteiger partial charge in [0.25, 0.3) is 0 Å². The van der Waals surface area contributed by atoms with Crippen molar-refractivity contribution in [2.24, 2.45) is 5.73 Å². The van der Waals surface area contributed by atoms with Crippen molar-refractivity contribution in [3.8, 4) is 23.0 Å². The lowest BCUT2D eigenvalue weighted by Gasteiger charge is -2.22. The molecule has 2 aromatic carbocycles. The first-order chi connectivity index (χ1) is 24.6. The van der Waals surface area contributed by atoms with E-state index in [1.807, 2.05) is 0 Å². The van der Waals surface area contributed by atoms with Crippen molar-refractivity contribution >= 4 is 58.2 Å². The largest absolute Gasteiger partial charge is 0.408 e. The van der Waals surface area contributed by atoms with Crippen molar-refractivity contribution in [2.75, 3.05) is 22.5 Å². The number of sulfone groups is 1. The third-order valence-corrected chi connectivity index (χ3v) is 14.1. The molecular weight excluding hydrogens is 808 g/mol. The summed E-state index contributed by atoms with van der Waals surface area (Å²) in [6, 6.07) is 3.60. The van der Waals surface area contributed by atoms with Gasteiger partial charge in [-0.2, -0.15) is 18.3 Å². The summed E-state index contributed by atoms with van der Waals surface area (Å²) in [6.07, 6.45) is -5.71. The molecule has 0 radical (unpaired) electrons. The highest BCUT2D eigenvalue weighted by Crippen LogP contribution is 2.46. The van der Waals surface area contributed by atoms with Gasteiger partial charge in [0.1, 0.15) is 34.8 Å². The minimum atomic E-state index is -5.02. The molecule has 2 heterocycles. The second kappa shape index (κ2) is 14.0. The molecule has 54 heavy (non-hydrogen) atoms. The van der Waals surface area contributed by atoms with Gasteiger partial charge in [-0.05, 0) is 61.1 Å². The molecular formula is C33H32ClF6N5O6S3. The fourth-order valence-corrected chi connectivity index (χ4v) is 9.47. The predicted octanol–water partition coefficient (Wildman–Crippen LogP) is 5.17. The number of halogens is 7. The zero-order valence-corrected chi connectivity index (χ0v) is 32.3. The molecule has 0 saturated heterocycles. The van der Waals surface area contributed by atoms with Gasteiger partial charge in [0.15, 0.2) is 15.7 Å². The summed E-state index contributed by atoms with van der Waals surface area (Å²) < 4.78 is 161. The maximum atomic E-state index is 15.5.